The third-order valence-electron chi connectivity index (χ3n) is 5.96. The minimum absolute atomic E-state index is 0.0703. The molecule has 2 heterocycles. The van der Waals surface area contributed by atoms with E-state index in [-0.39, 0.29) is 23.0 Å². The van der Waals surface area contributed by atoms with Gasteiger partial charge in [-0.15, -0.1) is 0 Å². The lowest BCUT2D eigenvalue weighted by atomic mass is 10.1. The summed E-state index contributed by atoms with van der Waals surface area (Å²) in [6, 6.07) is 12.9. The Hall–Kier alpha value is -2.74. The number of hydrogen-bond donors (Lipinski definition) is 0. The first kappa shape index (κ1) is 22.5. The number of hydrogen-bond acceptors (Lipinski definition) is 6. The van der Waals surface area contributed by atoms with Gasteiger partial charge in [-0.25, -0.2) is 8.42 Å². The minimum atomic E-state index is -3.60. The Morgan fingerprint density at radius 2 is 1.66 bits per heavy atom. The Kier molecular flexibility index (Phi) is 6.89. The van der Waals surface area contributed by atoms with Crippen molar-refractivity contribution in [1.29, 1.82) is 0 Å². The number of rotatable bonds is 7. The van der Waals surface area contributed by atoms with Gasteiger partial charge in [0.15, 0.2) is 21.3 Å². The Bertz CT molecular complexity index is 1050. The lowest BCUT2D eigenvalue weighted by Gasteiger charge is -2.29. The van der Waals surface area contributed by atoms with Crippen molar-refractivity contribution in [2.75, 3.05) is 44.0 Å². The Morgan fingerprint density at radius 1 is 0.969 bits per heavy atom. The molecule has 2 aliphatic heterocycles. The normalized spacial score (nSPS) is 16.0. The summed E-state index contributed by atoms with van der Waals surface area (Å²) >= 11 is 0. The molecule has 2 aromatic rings. The van der Waals surface area contributed by atoms with Gasteiger partial charge in [0, 0.05) is 44.9 Å². The molecule has 1 saturated heterocycles. The first-order chi connectivity index (χ1) is 15.4. The number of carbonyl (C=O) groups excluding carboxylic acids is 1. The first-order valence-corrected chi connectivity index (χ1v) is 12.8. The second-order valence-corrected chi connectivity index (χ2v) is 10.4. The van der Waals surface area contributed by atoms with Crippen molar-refractivity contribution < 1.29 is 22.7 Å². The third kappa shape index (κ3) is 5.35. The van der Waals surface area contributed by atoms with Gasteiger partial charge in [-0.05, 0) is 49.1 Å². The van der Waals surface area contributed by atoms with Gasteiger partial charge in [0.25, 0.3) is 0 Å². The van der Waals surface area contributed by atoms with Gasteiger partial charge in [-0.1, -0.05) is 12.1 Å². The SMILES string of the molecule is CN(Cc1ccc(N2CCCCC2)cc1)C(=O)CCS(=O)(=O)c1ccc2c(c1)OCCO2. The topological polar surface area (TPSA) is 76.2 Å². The average Bonchev–Trinajstić information content (AvgIpc) is 2.83. The molecule has 0 radical (unpaired) electrons. The van der Waals surface area contributed by atoms with E-state index in [0.29, 0.717) is 31.3 Å². The Labute approximate surface area is 189 Å². The fourth-order valence-electron chi connectivity index (χ4n) is 4.07. The molecular weight excluding hydrogens is 428 g/mol. The summed E-state index contributed by atoms with van der Waals surface area (Å²) in [5.74, 6) is 0.515. The smallest absolute Gasteiger partial charge is 0.223 e. The molecule has 2 aliphatic rings. The maximum atomic E-state index is 12.7. The van der Waals surface area contributed by atoms with Crippen LogP contribution in [0.2, 0.25) is 0 Å². The fraction of sp³-hybridized carbons (Fsp3) is 0.458. The van der Waals surface area contributed by atoms with Crippen LogP contribution >= 0.6 is 0 Å². The van der Waals surface area contributed by atoms with Gasteiger partial charge in [0.1, 0.15) is 13.2 Å². The molecule has 0 aliphatic carbocycles. The fourth-order valence-corrected chi connectivity index (χ4v) is 5.31. The summed E-state index contributed by atoms with van der Waals surface area (Å²) < 4.78 is 36.3. The van der Waals surface area contributed by atoms with Gasteiger partial charge >= 0.3 is 0 Å². The summed E-state index contributed by atoms with van der Waals surface area (Å²) in [7, 11) is -1.90. The van der Waals surface area contributed by atoms with E-state index in [2.05, 4.69) is 17.0 Å². The van der Waals surface area contributed by atoms with Gasteiger partial charge < -0.3 is 19.3 Å². The van der Waals surface area contributed by atoms with Crippen molar-refractivity contribution in [2.24, 2.45) is 0 Å². The standard InChI is InChI=1S/C24H30N2O5S/c1-25(18-19-5-7-20(8-6-19)26-12-3-2-4-13-26)24(27)11-16-32(28,29)21-9-10-22-23(17-21)31-15-14-30-22/h5-10,17H,2-4,11-16,18H2,1H3. The van der Waals surface area contributed by atoms with E-state index in [0.717, 1.165) is 18.7 Å². The van der Waals surface area contributed by atoms with Crippen LogP contribution in [0.4, 0.5) is 5.69 Å². The zero-order chi connectivity index (χ0) is 22.6. The maximum Gasteiger partial charge on any atom is 0.223 e. The summed E-state index contributed by atoms with van der Waals surface area (Å²) in [6.07, 6.45) is 3.69. The van der Waals surface area contributed by atoms with Gasteiger partial charge in [-0.2, -0.15) is 0 Å². The molecule has 8 heteroatoms. The highest BCUT2D eigenvalue weighted by Gasteiger charge is 2.22. The van der Waals surface area contributed by atoms with E-state index >= 15 is 0 Å². The summed E-state index contributed by atoms with van der Waals surface area (Å²) in [5.41, 5.74) is 2.24. The molecule has 172 valence electrons. The molecule has 0 unspecified atom stereocenters. The van der Waals surface area contributed by atoms with Crippen molar-refractivity contribution in [1.82, 2.24) is 4.90 Å². The zero-order valence-electron chi connectivity index (χ0n) is 18.5. The first-order valence-electron chi connectivity index (χ1n) is 11.1. The van der Waals surface area contributed by atoms with Crippen LogP contribution in [0.15, 0.2) is 47.4 Å². The molecule has 1 fully saturated rings. The molecule has 0 atom stereocenters. The van der Waals surface area contributed by atoms with Crippen LogP contribution in [0.5, 0.6) is 11.5 Å². The van der Waals surface area contributed by atoms with Crippen LogP contribution in [0.1, 0.15) is 31.2 Å². The number of amides is 1. The highest BCUT2D eigenvalue weighted by Crippen LogP contribution is 2.32. The Balaban J connectivity index is 1.31. The van der Waals surface area contributed by atoms with Crippen molar-refractivity contribution in [3.63, 3.8) is 0 Å². The molecular formula is C24H30N2O5S. The number of ether oxygens (including phenoxy) is 2. The Morgan fingerprint density at radius 3 is 2.38 bits per heavy atom. The number of benzene rings is 2. The van der Waals surface area contributed by atoms with Crippen molar-refractivity contribution in [2.45, 2.75) is 37.1 Å². The van der Waals surface area contributed by atoms with E-state index in [9.17, 15) is 13.2 Å². The molecule has 0 aromatic heterocycles. The maximum absolute atomic E-state index is 12.7. The quantitative estimate of drug-likeness (QED) is 0.634. The second-order valence-electron chi connectivity index (χ2n) is 8.34. The van der Waals surface area contributed by atoms with Gasteiger partial charge in [0.05, 0.1) is 10.6 Å². The molecule has 0 spiro atoms. The van der Waals surface area contributed by atoms with E-state index in [1.54, 1.807) is 18.0 Å². The number of nitrogens with zero attached hydrogens (tertiary/aromatic N) is 2. The number of fused-ring (bicyclic) bond motifs is 1. The minimum Gasteiger partial charge on any atom is -0.486 e. The molecule has 1 amide bonds. The van der Waals surface area contributed by atoms with Crippen LogP contribution < -0.4 is 14.4 Å². The lowest BCUT2D eigenvalue weighted by molar-refractivity contribution is -0.130. The summed E-state index contributed by atoms with van der Waals surface area (Å²) in [6.45, 7) is 3.47. The monoisotopic (exact) mass is 458 g/mol. The summed E-state index contributed by atoms with van der Waals surface area (Å²) in [5, 5.41) is 0. The van der Waals surface area contributed by atoms with Crippen LogP contribution in [-0.4, -0.2) is 58.3 Å². The molecule has 32 heavy (non-hydrogen) atoms. The average molecular weight is 459 g/mol. The molecule has 4 rings (SSSR count). The number of anilines is 1. The highest BCUT2D eigenvalue weighted by atomic mass is 32.2. The van der Waals surface area contributed by atoms with Gasteiger partial charge in [0.2, 0.25) is 5.91 Å². The number of sulfone groups is 1. The highest BCUT2D eigenvalue weighted by molar-refractivity contribution is 7.91. The van der Waals surface area contributed by atoms with E-state index in [4.69, 9.17) is 9.47 Å². The van der Waals surface area contributed by atoms with Crippen molar-refractivity contribution >= 4 is 21.4 Å². The largest absolute Gasteiger partial charge is 0.486 e. The number of carbonyl (C=O) groups is 1. The third-order valence-corrected chi connectivity index (χ3v) is 7.67. The van der Waals surface area contributed by atoms with E-state index in [1.807, 2.05) is 12.1 Å². The van der Waals surface area contributed by atoms with Crippen molar-refractivity contribution in [3.8, 4) is 11.5 Å². The lowest BCUT2D eigenvalue weighted by Crippen LogP contribution is -2.29. The number of piperidine rings is 1. The van der Waals surface area contributed by atoms with E-state index in [1.165, 1.54) is 37.1 Å². The van der Waals surface area contributed by atoms with Crippen LogP contribution in [0.25, 0.3) is 0 Å². The van der Waals surface area contributed by atoms with Crippen LogP contribution in [0.3, 0.4) is 0 Å². The molecule has 0 N–H and O–H groups in total. The molecule has 2 aromatic carbocycles. The molecule has 0 saturated carbocycles. The summed E-state index contributed by atoms with van der Waals surface area (Å²) in [4.78, 5) is 16.7. The predicted molar refractivity (Wildman–Crippen MR) is 123 cm³/mol. The molecule has 0 bridgehead atoms. The molecule has 7 nitrogen and oxygen atoms in total. The van der Waals surface area contributed by atoms with E-state index < -0.39 is 9.84 Å². The van der Waals surface area contributed by atoms with Crippen molar-refractivity contribution in [3.05, 3.63) is 48.0 Å². The predicted octanol–water partition coefficient (Wildman–Crippen LogP) is 3.27. The van der Waals surface area contributed by atoms with Crippen LogP contribution in [-0.2, 0) is 21.2 Å². The van der Waals surface area contributed by atoms with Gasteiger partial charge in [-0.3, -0.25) is 4.79 Å². The second kappa shape index (κ2) is 9.81. The van der Waals surface area contributed by atoms with Crippen LogP contribution in [0, 0.1) is 0 Å². The zero-order valence-corrected chi connectivity index (χ0v) is 19.3.